The van der Waals surface area contributed by atoms with Gasteiger partial charge in [0, 0.05) is 19.6 Å². The second-order valence-corrected chi connectivity index (χ2v) is 6.22. The molecule has 1 aliphatic carbocycles. The molecule has 1 saturated carbocycles. The number of carbonyl (C=O) groups is 1. The molecule has 0 aromatic carbocycles. The van der Waals surface area contributed by atoms with E-state index in [1.165, 1.54) is 38.5 Å². The van der Waals surface area contributed by atoms with Crippen molar-refractivity contribution >= 4 is 5.91 Å². The van der Waals surface area contributed by atoms with Crippen LogP contribution in [0.15, 0.2) is 0 Å². The number of nitrogens with zero attached hydrogens (tertiary/aromatic N) is 1. The molecule has 2 aliphatic heterocycles. The molecule has 3 aliphatic rings. The normalized spacial score (nSPS) is 32.2. The summed E-state index contributed by atoms with van der Waals surface area (Å²) in [6.07, 6.45) is 9.24. The summed E-state index contributed by atoms with van der Waals surface area (Å²) in [5, 5.41) is 3.29. The smallest absolute Gasteiger partial charge is 0.227 e. The Balaban J connectivity index is 1.55. The highest BCUT2D eigenvalue weighted by molar-refractivity contribution is 5.79. The molecule has 1 N–H and O–H groups in total. The zero-order valence-corrected chi connectivity index (χ0v) is 10.7. The summed E-state index contributed by atoms with van der Waals surface area (Å²) in [6, 6.07) is 0. The average molecular weight is 236 g/mol. The first-order valence-electron chi connectivity index (χ1n) is 7.29. The molecule has 2 heterocycles. The molecule has 1 unspecified atom stereocenters. The van der Waals surface area contributed by atoms with Gasteiger partial charge in [0.05, 0.1) is 5.92 Å². The number of nitrogens with one attached hydrogen (secondary N) is 1. The molecular weight excluding hydrogens is 212 g/mol. The zero-order chi connectivity index (χ0) is 11.7. The van der Waals surface area contributed by atoms with Crippen molar-refractivity contribution in [3.8, 4) is 0 Å². The second-order valence-electron chi connectivity index (χ2n) is 6.22. The van der Waals surface area contributed by atoms with E-state index in [0.717, 1.165) is 32.6 Å². The zero-order valence-electron chi connectivity index (χ0n) is 10.7. The van der Waals surface area contributed by atoms with Gasteiger partial charge in [-0.1, -0.05) is 12.8 Å². The van der Waals surface area contributed by atoms with Crippen LogP contribution in [0.3, 0.4) is 0 Å². The molecule has 3 nitrogen and oxygen atoms in total. The molecule has 1 atom stereocenters. The molecule has 3 heteroatoms. The number of likely N-dealkylation sites (tertiary alicyclic amines) is 1. The molecule has 1 amide bonds. The Kier molecular flexibility index (Phi) is 3.12. The highest BCUT2D eigenvalue weighted by Gasteiger charge is 2.39. The van der Waals surface area contributed by atoms with E-state index in [9.17, 15) is 4.79 Å². The number of hydrogen-bond acceptors (Lipinski definition) is 2. The van der Waals surface area contributed by atoms with Crippen molar-refractivity contribution in [1.29, 1.82) is 0 Å². The van der Waals surface area contributed by atoms with Gasteiger partial charge < -0.3 is 10.2 Å². The Labute approximate surface area is 104 Å². The number of amides is 1. The van der Waals surface area contributed by atoms with Crippen LogP contribution < -0.4 is 5.32 Å². The van der Waals surface area contributed by atoms with Gasteiger partial charge in [-0.2, -0.15) is 0 Å². The summed E-state index contributed by atoms with van der Waals surface area (Å²) in [7, 11) is 0. The summed E-state index contributed by atoms with van der Waals surface area (Å²) in [6.45, 7) is 3.97. The highest BCUT2D eigenvalue weighted by atomic mass is 16.2. The summed E-state index contributed by atoms with van der Waals surface area (Å²) < 4.78 is 0. The lowest BCUT2D eigenvalue weighted by molar-refractivity contribution is -0.137. The van der Waals surface area contributed by atoms with Crippen LogP contribution in [0.5, 0.6) is 0 Å². The number of piperidine rings is 1. The third-order valence-corrected chi connectivity index (χ3v) is 5.21. The van der Waals surface area contributed by atoms with Crippen LogP contribution in [0.4, 0.5) is 0 Å². The van der Waals surface area contributed by atoms with Crippen molar-refractivity contribution in [3.63, 3.8) is 0 Å². The minimum atomic E-state index is 0.271. The van der Waals surface area contributed by atoms with Crippen LogP contribution >= 0.6 is 0 Å². The van der Waals surface area contributed by atoms with E-state index in [0.29, 0.717) is 11.3 Å². The van der Waals surface area contributed by atoms with E-state index in [1.54, 1.807) is 0 Å². The number of hydrogen-bond donors (Lipinski definition) is 1. The average Bonchev–Trinajstić information content (AvgIpc) is 3.01. The van der Waals surface area contributed by atoms with Crippen LogP contribution in [0.1, 0.15) is 44.9 Å². The van der Waals surface area contributed by atoms with Crippen LogP contribution in [0, 0.1) is 11.3 Å². The van der Waals surface area contributed by atoms with E-state index < -0.39 is 0 Å². The molecule has 96 valence electrons. The predicted octanol–water partition coefficient (Wildman–Crippen LogP) is 1.78. The first-order chi connectivity index (χ1) is 8.29. The van der Waals surface area contributed by atoms with Crippen molar-refractivity contribution in [2.45, 2.75) is 44.9 Å². The summed E-state index contributed by atoms with van der Waals surface area (Å²) in [4.78, 5) is 14.4. The second kappa shape index (κ2) is 4.60. The van der Waals surface area contributed by atoms with Crippen molar-refractivity contribution in [3.05, 3.63) is 0 Å². The fourth-order valence-corrected chi connectivity index (χ4v) is 3.95. The summed E-state index contributed by atoms with van der Waals surface area (Å²) in [5.74, 6) is 0.690. The first-order valence-corrected chi connectivity index (χ1v) is 7.29. The molecular formula is C14H24N2O. The standard InChI is InChI=1S/C14H24N2O/c17-13(12-3-8-15-11-12)16-9-6-14(7-10-16)4-1-2-5-14/h12,15H,1-11H2. The molecule has 0 radical (unpaired) electrons. The molecule has 2 saturated heterocycles. The van der Waals surface area contributed by atoms with E-state index in [1.807, 2.05) is 0 Å². The SMILES string of the molecule is O=C(C1CCNC1)N1CCC2(CCCC2)CC1. The van der Waals surface area contributed by atoms with E-state index in [-0.39, 0.29) is 5.92 Å². The quantitative estimate of drug-likeness (QED) is 0.752. The van der Waals surface area contributed by atoms with Crippen molar-refractivity contribution in [2.24, 2.45) is 11.3 Å². The maximum Gasteiger partial charge on any atom is 0.227 e. The van der Waals surface area contributed by atoms with Crippen LogP contribution in [0.2, 0.25) is 0 Å². The number of carbonyl (C=O) groups excluding carboxylic acids is 1. The van der Waals surface area contributed by atoms with Crippen LogP contribution in [-0.4, -0.2) is 37.0 Å². The molecule has 1 spiro atoms. The molecule has 0 aromatic rings. The Morgan fingerprint density at radius 1 is 1.12 bits per heavy atom. The number of rotatable bonds is 1. The molecule has 3 fully saturated rings. The van der Waals surface area contributed by atoms with Gasteiger partial charge >= 0.3 is 0 Å². The van der Waals surface area contributed by atoms with Gasteiger partial charge in [-0.25, -0.2) is 0 Å². The Morgan fingerprint density at radius 2 is 1.82 bits per heavy atom. The van der Waals surface area contributed by atoms with Crippen molar-refractivity contribution in [1.82, 2.24) is 10.2 Å². The van der Waals surface area contributed by atoms with E-state index in [2.05, 4.69) is 10.2 Å². The molecule has 3 rings (SSSR count). The predicted molar refractivity (Wildman–Crippen MR) is 67.7 cm³/mol. The lowest BCUT2D eigenvalue weighted by Gasteiger charge is -2.40. The van der Waals surface area contributed by atoms with Gasteiger partial charge in [-0.05, 0) is 44.1 Å². The largest absolute Gasteiger partial charge is 0.342 e. The Bertz CT molecular complexity index is 281. The van der Waals surface area contributed by atoms with Gasteiger partial charge in [0.1, 0.15) is 0 Å². The highest BCUT2D eigenvalue weighted by Crippen LogP contribution is 2.46. The van der Waals surface area contributed by atoms with Gasteiger partial charge in [-0.15, -0.1) is 0 Å². The maximum absolute atomic E-state index is 12.3. The molecule has 0 bridgehead atoms. The van der Waals surface area contributed by atoms with Gasteiger partial charge in [-0.3, -0.25) is 4.79 Å². The van der Waals surface area contributed by atoms with Crippen molar-refractivity contribution in [2.75, 3.05) is 26.2 Å². The van der Waals surface area contributed by atoms with E-state index >= 15 is 0 Å². The topological polar surface area (TPSA) is 32.3 Å². The van der Waals surface area contributed by atoms with Crippen molar-refractivity contribution < 1.29 is 4.79 Å². The van der Waals surface area contributed by atoms with Crippen LogP contribution in [0.25, 0.3) is 0 Å². The lowest BCUT2D eigenvalue weighted by Crippen LogP contribution is -2.45. The van der Waals surface area contributed by atoms with Gasteiger partial charge in [0.15, 0.2) is 0 Å². The fraction of sp³-hybridized carbons (Fsp3) is 0.929. The van der Waals surface area contributed by atoms with Gasteiger partial charge in [0.2, 0.25) is 5.91 Å². The maximum atomic E-state index is 12.3. The van der Waals surface area contributed by atoms with E-state index in [4.69, 9.17) is 0 Å². The Hall–Kier alpha value is -0.570. The molecule has 17 heavy (non-hydrogen) atoms. The Morgan fingerprint density at radius 3 is 2.41 bits per heavy atom. The summed E-state index contributed by atoms with van der Waals surface area (Å²) in [5.41, 5.74) is 0.630. The first kappa shape index (κ1) is 11.5. The summed E-state index contributed by atoms with van der Waals surface area (Å²) >= 11 is 0. The lowest BCUT2D eigenvalue weighted by atomic mass is 9.77. The van der Waals surface area contributed by atoms with Gasteiger partial charge in [0.25, 0.3) is 0 Å². The minimum Gasteiger partial charge on any atom is -0.342 e. The third-order valence-electron chi connectivity index (χ3n) is 5.21. The van der Waals surface area contributed by atoms with Crippen LogP contribution in [-0.2, 0) is 4.79 Å². The fourth-order valence-electron chi connectivity index (χ4n) is 3.95. The third kappa shape index (κ3) is 2.22. The molecule has 0 aromatic heterocycles. The monoisotopic (exact) mass is 236 g/mol. The minimum absolute atomic E-state index is 0.271.